The van der Waals surface area contributed by atoms with Crippen molar-refractivity contribution < 1.29 is 14.7 Å². The van der Waals surface area contributed by atoms with Crippen molar-refractivity contribution in [2.75, 3.05) is 11.9 Å². The monoisotopic (exact) mass is 290 g/mol. The van der Waals surface area contributed by atoms with E-state index in [0.717, 1.165) is 31.2 Å². The minimum atomic E-state index is -0.671. The maximum absolute atomic E-state index is 11.8. The topological polar surface area (TPSA) is 78.4 Å². The highest BCUT2D eigenvalue weighted by atomic mass is 16.3. The Balaban J connectivity index is 1.83. The first-order valence-corrected chi connectivity index (χ1v) is 7.46. The molecule has 1 aliphatic carbocycles. The lowest BCUT2D eigenvalue weighted by atomic mass is 10.1. The van der Waals surface area contributed by atoms with Crippen LogP contribution in [0, 0.1) is 5.92 Å². The largest absolute Gasteiger partial charge is 0.393 e. The summed E-state index contributed by atoms with van der Waals surface area (Å²) in [5.41, 5.74) is 1.72. The number of aryl methyl sites for hydroxylation is 1. The van der Waals surface area contributed by atoms with Crippen molar-refractivity contribution in [3.8, 4) is 0 Å². The summed E-state index contributed by atoms with van der Waals surface area (Å²) in [5, 5.41) is 14.9. The van der Waals surface area contributed by atoms with E-state index in [1.165, 1.54) is 0 Å². The molecule has 1 fully saturated rings. The summed E-state index contributed by atoms with van der Waals surface area (Å²) in [4.78, 5) is 23.6. The van der Waals surface area contributed by atoms with Gasteiger partial charge in [0, 0.05) is 18.2 Å². The number of hydrogen-bond donors (Lipinski definition) is 3. The molecule has 3 N–H and O–H groups in total. The van der Waals surface area contributed by atoms with Crippen LogP contribution >= 0.6 is 0 Å². The van der Waals surface area contributed by atoms with Gasteiger partial charge in [-0.25, -0.2) is 0 Å². The molecule has 5 nitrogen and oxygen atoms in total. The van der Waals surface area contributed by atoms with Crippen LogP contribution in [0.1, 0.15) is 31.7 Å². The highest BCUT2D eigenvalue weighted by Crippen LogP contribution is 2.24. The Labute approximate surface area is 124 Å². The molecule has 21 heavy (non-hydrogen) atoms. The summed E-state index contributed by atoms with van der Waals surface area (Å²) in [6.07, 6.45) is 3.14. The molecular weight excluding hydrogens is 268 g/mol. The second-order valence-corrected chi connectivity index (χ2v) is 5.48. The van der Waals surface area contributed by atoms with Gasteiger partial charge in [0.05, 0.1) is 6.10 Å². The van der Waals surface area contributed by atoms with Crippen LogP contribution in [0.2, 0.25) is 0 Å². The van der Waals surface area contributed by atoms with Gasteiger partial charge < -0.3 is 15.7 Å². The van der Waals surface area contributed by atoms with E-state index in [4.69, 9.17) is 0 Å². The standard InChI is InChI=1S/C16H22N2O3/c1-2-11-5-3-7-13(9-11)18-16(21)15(20)17-10-12-6-4-8-14(12)19/h3,5,7,9,12,14,19H,2,4,6,8,10H2,1H3,(H,17,20)(H,18,21). The van der Waals surface area contributed by atoms with Gasteiger partial charge in [-0.15, -0.1) is 0 Å². The molecule has 0 heterocycles. The fourth-order valence-corrected chi connectivity index (χ4v) is 2.62. The number of carbonyl (C=O) groups is 2. The van der Waals surface area contributed by atoms with Crippen LogP contribution < -0.4 is 10.6 Å². The molecule has 2 unspecified atom stereocenters. The Morgan fingerprint density at radius 2 is 2.10 bits per heavy atom. The normalized spacial score (nSPS) is 21.0. The fourth-order valence-electron chi connectivity index (χ4n) is 2.62. The van der Waals surface area contributed by atoms with Crippen molar-refractivity contribution in [1.82, 2.24) is 5.32 Å². The zero-order valence-corrected chi connectivity index (χ0v) is 12.3. The predicted molar refractivity (Wildman–Crippen MR) is 80.8 cm³/mol. The van der Waals surface area contributed by atoms with Crippen LogP contribution in [0.3, 0.4) is 0 Å². The number of aliphatic hydroxyl groups excluding tert-OH is 1. The van der Waals surface area contributed by atoms with Crippen LogP contribution in [-0.2, 0) is 16.0 Å². The Hall–Kier alpha value is -1.88. The summed E-state index contributed by atoms with van der Waals surface area (Å²) >= 11 is 0. The number of nitrogens with one attached hydrogen (secondary N) is 2. The molecule has 2 amide bonds. The Morgan fingerprint density at radius 1 is 1.29 bits per heavy atom. The first-order chi connectivity index (χ1) is 10.1. The SMILES string of the molecule is CCc1cccc(NC(=O)C(=O)NCC2CCCC2O)c1. The number of anilines is 1. The van der Waals surface area contributed by atoms with Crippen LogP contribution in [0.5, 0.6) is 0 Å². The van der Waals surface area contributed by atoms with E-state index in [0.29, 0.717) is 12.2 Å². The minimum Gasteiger partial charge on any atom is -0.393 e. The van der Waals surface area contributed by atoms with E-state index in [1.807, 2.05) is 25.1 Å². The molecule has 1 saturated carbocycles. The summed E-state index contributed by atoms with van der Waals surface area (Å²) in [7, 11) is 0. The van der Waals surface area contributed by atoms with Crippen molar-refractivity contribution in [1.29, 1.82) is 0 Å². The Morgan fingerprint density at radius 3 is 2.76 bits per heavy atom. The maximum atomic E-state index is 11.8. The van der Waals surface area contributed by atoms with E-state index in [2.05, 4.69) is 10.6 Å². The van der Waals surface area contributed by atoms with Gasteiger partial charge in [0.25, 0.3) is 0 Å². The van der Waals surface area contributed by atoms with Gasteiger partial charge in [-0.1, -0.05) is 25.5 Å². The van der Waals surface area contributed by atoms with Crippen LogP contribution in [0.4, 0.5) is 5.69 Å². The molecule has 1 aromatic rings. The average molecular weight is 290 g/mol. The van der Waals surface area contributed by atoms with Gasteiger partial charge >= 0.3 is 11.8 Å². The molecule has 2 atom stereocenters. The number of aliphatic hydroxyl groups is 1. The number of carbonyl (C=O) groups excluding carboxylic acids is 2. The van der Waals surface area contributed by atoms with Crippen molar-refractivity contribution in [2.24, 2.45) is 5.92 Å². The third-order valence-corrected chi connectivity index (χ3v) is 3.94. The van der Waals surface area contributed by atoms with Crippen molar-refractivity contribution in [3.63, 3.8) is 0 Å². The summed E-state index contributed by atoms with van der Waals surface area (Å²) < 4.78 is 0. The Kier molecular flexibility index (Phi) is 5.33. The smallest absolute Gasteiger partial charge is 0.313 e. The first-order valence-electron chi connectivity index (χ1n) is 7.46. The van der Waals surface area contributed by atoms with Crippen LogP contribution in [0.25, 0.3) is 0 Å². The van der Waals surface area contributed by atoms with Gasteiger partial charge in [0.1, 0.15) is 0 Å². The van der Waals surface area contributed by atoms with E-state index >= 15 is 0 Å². The van der Waals surface area contributed by atoms with Crippen molar-refractivity contribution >= 4 is 17.5 Å². The van der Waals surface area contributed by atoms with E-state index in [9.17, 15) is 14.7 Å². The predicted octanol–water partition coefficient (Wildman–Crippen LogP) is 1.46. The molecule has 0 saturated heterocycles. The van der Waals surface area contributed by atoms with Crippen LogP contribution in [0.15, 0.2) is 24.3 Å². The van der Waals surface area contributed by atoms with Gasteiger partial charge in [-0.05, 0) is 37.0 Å². The average Bonchev–Trinajstić information content (AvgIpc) is 2.90. The van der Waals surface area contributed by atoms with Crippen molar-refractivity contribution in [3.05, 3.63) is 29.8 Å². The van der Waals surface area contributed by atoms with Gasteiger partial charge in [-0.2, -0.15) is 0 Å². The molecule has 0 aromatic heterocycles. The number of hydrogen-bond acceptors (Lipinski definition) is 3. The molecule has 1 aromatic carbocycles. The summed E-state index contributed by atoms with van der Waals surface area (Å²) in [5.74, 6) is -1.27. The van der Waals surface area contributed by atoms with E-state index in [-0.39, 0.29) is 12.0 Å². The number of benzene rings is 1. The molecule has 114 valence electrons. The first kappa shape index (κ1) is 15.5. The van der Waals surface area contributed by atoms with Gasteiger partial charge in [0.15, 0.2) is 0 Å². The number of rotatable bonds is 4. The number of amides is 2. The third-order valence-electron chi connectivity index (χ3n) is 3.94. The highest BCUT2D eigenvalue weighted by Gasteiger charge is 2.26. The highest BCUT2D eigenvalue weighted by molar-refractivity contribution is 6.39. The second kappa shape index (κ2) is 7.22. The lowest BCUT2D eigenvalue weighted by molar-refractivity contribution is -0.136. The van der Waals surface area contributed by atoms with Gasteiger partial charge in [0.2, 0.25) is 0 Å². The molecule has 1 aliphatic rings. The minimum absolute atomic E-state index is 0.0603. The lowest BCUT2D eigenvalue weighted by Gasteiger charge is -2.14. The Bertz CT molecular complexity index is 516. The summed E-state index contributed by atoms with van der Waals surface area (Å²) in [6, 6.07) is 7.43. The van der Waals surface area contributed by atoms with Gasteiger partial charge in [-0.3, -0.25) is 9.59 Å². The molecule has 5 heteroatoms. The lowest BCUT2D eigenvalue weighted by Crippen LogP contribution is -2.39. The summed E-state index contributed by atoms with van der Waals surface area (Å²) in [6.45, 7) is 2.38. The molecular formula is C16H22N2O3. The maximum Gasteiger partial charge on any atom is 0.313 e. The molecule has 0 radical (unpaired) electrons. The zero-order valence-electron chi connectivity index (χ0n) is 12.3. The quantitative estimate of drug-likeness (QED) is 0.735. The zero-order chi connectivity index (χ0) is 15.2. The van der Waals surface area contributed by atoms with Crippen molar-refractivity contribution in [2.45, 2.75) is 38.7 Å². The molecule has 0 bridgehead atoms. The molecule has 0 aliphatic heterocycles. The fraction of sp³-hybridized carbons (Fsp3) is 0.500. The van der Waals surface area contributed by atoms with E-state index in [1.54, 1.807) is 6.07 Å². The third kappa shape index (κ3) is 4.29. The van der Waals surface area contributed by atoms with E-state index < -0.39 is 11.8 Å². The molecule has 0 spiro atoms. The second-order valence-electron chi connectivity index (χ2n) is 5.48. The molecule has 2 rings (SSSR count). The van der Waals surface area contributed by atoms with Crippen LogP contribution in [-0.4, -0.2) is 29.6 Å².